The van der Waals surface area contributed by atoms with Crippen LogP contribution in [0.15, 0.2) is 42.5 Å². The molecule has 2 aromatic carbocycles. The van der Waals surface area contributed by atoms with E-state index >= 15 is 0 Å². The molecule has 0 spiro atoms. The smallest absolute Gasteiger partial charge is 0.123 e. The molecule has 0 amide bonds. The van der Waals surface area contributed by atoms with Gasteiger partial charge in [0, 0.05) is 21.7 Å². The van der Waals surface area contributed by atoms with Crippen molar-refractivity contribution in [1.29, 1.82) is 5.26 Å². The number of hydrogen-bond acceptors (Lipinski definition) is 4. The second-order valence-corrected chi connectivity index (χ2v) is 8.98. The Morgan fingerprint density at radius 1 is 1.00 bits per heavy atom. The standard InChI is InChI=1S/C24H21ClN4S/c1-14-17(4)30-24(27-14)19-7-5-18(6-8-19)13-29-16(3)23(15(2)28-29)20-9-10-21(12-26)22(25)11-20/h5-11H,13H2,1-4H3. The molecule has 4 aromatic rings. The van der Waals surface area contributed by atoms with Crippen LogP contribution in [0.3, 0.4) is 0 Å². The van der Waals surface area contributed by atoms with E-state index in [4.69, 9.17) is 22.0 Å². The zero-order valence-electron chi connectivity index (χ0n) is 17.3. The molecule has 0 saturated carbocycles. The van der Waals surface area contributed by atoms with Crippen LogP contribution in [0, 0.1) is 39.0 Å². The lowest BCUT2D eigenvalue weighted by Gasteiger charge is -2.07. The monoisotopic (exact) mass is 432 g/mol. The minimum absolute atomic E-state index is 0.463. The Morgan fingerprint density at radius 2 is 1.70 bits per heavy atom. The highest BCUT2D eigenvalue weighted by molar-refractivity contribution is 7.15. The van der Waals surface area contributed by atoms with Crippen LogP contribution in [0.25, 0.3) is 21.7 Å². The first-order valence-electron chi connectivity index (χ1n) is 9.64. The van der Waals surface area contributed by atoms with Crippen LogP contribution in [0.4, 0.5) is 0 Å². The van der Waals surface area contributed by atoms with Gasteiger partial charge in [-0.1, -0.05) is 41.9 Å². The predicted octanol–water partition coefficient (Wildman–Crippen LogP) is 6.48. The summed E-state index contributed by atoms with van der Waals surface area (Å²) in [6.07, 6.45) is 0. The predicted molar refractivity (Wildman–Crippen MR) is 123 cm³/mol. The van der Waals surface area contributed by atoms with Gasteiger partial charge in [-0.05, 0) is 51.0 Å². The maximum Gasteiger partial charge on any atom is 0.123 e. The molecule has 4 rings (SSSR count). The molecule has 0 atom stereocenters. The second kappa shape index (κ2) is 8.06. The molecule has 0 aliphatic heterocycles. The van der Waals surface area contributed by atoms with Crippen LogP contribution < -0.4 is 0 Å². The Hall–Kier alpha value is -2.94. The minimum Gasteiger partial charge on any atom is -0.265 e. The number of hydrogen-bond donors (Lipinski definition) is 0. The van der Waals surface area contributed by atoms with Crippen LogP contribution in [0.2, 0.25) is 5.02 Å². The summed E-state index contributed by atoms with van der Waals surface area (Å²) in [4.78, 5) is 5.90. The van der Waals surface area contributed by atoms with Crippen molar-refractivity contribution in [1.82, 2.24) is 14.8 Å². The fourth-order valence-corrected chi connectivity index (χ4v) is 4.69. The van der Waals surface area contributed by atoms with Crippen molar-refractivity contribution in [2.75, 3.05) is 0 Å². The van der Waals surface area contributed by atoms with E-state index in [0.717, 1.165) is 38.8 Å². The Balaban J connectivity index is 1.61. The summed E-state index contributed by atoms with van der Waals surface area (Å²) in [7, 11) is 0. The summed E-state index contributed by atoms with van der Waals surface area (Å²) >= 11 is 7.97. The van der Waals surface area contributed by atoms with Gasteiger partial charge >= 0.3 is 0 Å². The quantitative estimate of drug-likeness (QED) is 0.370. The van der Waals surface area contributed by atoms with Gasteiger partial charge in [0.25, 0.3) is 0 Å². The Kier molecular flexibility index (Phi) is 5.46. The Bertz CT molecular complexity index is 1260. The third-order valence-electron chi connectivity index (χ3n) is 5.32. The zero-order chi connectivity index (χ0) is 21.4. The van der Waals surface area contributed by atoms with Gasteiger partial charge < -0.3 is 0 Å². The molecule has 0 fully saturated rings. The van der Waals surface area contributed by atoms with E-state index in [1.807, 2.05) is 30.7 Å². The second-order valence-electron chi connectivity index (χ2n) is 7.37. The number of halogens is 1. The van der Waals surface area contributed by atoms with Gasteiger partial charge in [0.05, 0.1) is 28.5 Å². The maximum absolute atomic E-state index is 9.11. The first-order chi connectivity index (χ1) is 14.4. The fraction of sp³-hybridized carbons (Fsp3) is 0.208. The number of aromatic nitrogens is 3. The topological polar surface area (TPSA) is 54.5 Å². The van der Waals surface area contributed by atoms with Gasteiger partial charge in [-0.2, -0.15) is 10.4 Å². The summed E-state index contributed by atoms with van der Waals surface area (Å²) in [6.45, 7) is 8.91. The molecule has 150 valence electrons. The van der Waals surface area contributed by atoms with E-state index in [-0.39, 0.29) is 0 Å². The van der Waals surface area contributed by atoms with E-state index in [0.29, 0.717) is 17.1 Å². The highest BCUT2D eigenvalue weighted by Gasteiger charge is 2.15. The fourth-order valence-electron chi connectivity index (χ4n) is 3.55. The van der Waals surface area contributed by atoms with Gasteiger partial charge in [0.15, 0.2) is 0 Å². The lowest BCUT2D eigenvalue weighted by atomic mass is 10.0. The lowest BCUT2D eigenvalue weighted by molar-refractivity contribution is 0.659. The summed E-state index contributed by atoms with van der Waals surface area (Å²) in [5.41, 5.74) is 7.95. The molecule has 0 radical (unpaired) electrons. The molecule has 30 heavy (non-hydrogen) atoms. The van der Waals surface area contributed by atoms with Gasteiger partial charge in [-0.3, -0.25) is 4.68 Å². The molecular formula is C24H21ClN4S. The Morgan fingerprint density at radius 3 is 2.30 bits per heavy atom. The first-order valence-corrected chi connectivity index (χ1v) is 10.8. The van der Waals surface area contributed by atoms with Crippen LogP contribution in [-0.2, 0) is 6.54 Å². The first kappa shape index (κ1) is 20.3. The van der Waals surface area contributed by atoms with Crippen molar-refractivity contribution < 1.29 is 0 Å². The number of thiazole rings is 1. The molecule has 0 N–H and O–H groups in total. The zero-order valence-corrected chi connectivity index (χ0v) is 18.9. The van der Waals surface area contributed by atoms with Gasteiger partial charge in [0.1, 0.15) is 11.1 Å². The van der Waals surface area contributed by atoms with Crippen LogP contribution in [0.5, 0.6) is 0 Å². The third kappa shape index (κ3) is 3.77. The molecule has 6 heteroatoms. The summed E-state index contributed by atoms with van der Waals surface area (Å²) in [6, 6.07) is 16.2. The highest BCUT2D eigenvalue weighted by Crippen LogP contribution is 2.31. The molecular weight excluding hydrogens is 412 g/mol. The van der Waals surface area contributed by atoms with Crippen molar-refractivity contribution >= 4 is 22.9 Å². The average Bonchev–Trinajstić information content (AvgIpc) is 3.20. The van der Waals surface area contributed by atoms with Crippen LogP contribution in [0.1, 0.15) is 33.1 Å². The third-order valence-corrected chi connectivity index (χ3v) is 6.76. The number of rotatable bonds is 4. The molecule has 4 nitrogen and oxygen atoms in total. The van der Waals surface area contributed by atoms with Crippen molar-refractivity contribution in [2.24, 2.45) is 0 Å². The Labute approximate surface area is 185 Å². The summed E-state index contributed by atoms with van der Waals surface area (Å²) < 4.78 is 2.02. The minimum atomic E-state index is 0.463. The molecule has 0 unspecified atom stereocenters. The molecule has 2 heterocycles. The van der Waals surface area contributed by atoms with E-state index in [9.17, 15) is 0 Å². The van der Waals surface area contributed by atoms with E-state index < -0.39 is 0 Å². The molecule has 0 saturated heterocycles. The molecule has 0 aliphatic rings. The molecule has 0 bridgehead atoms. The maximum atomic E-state index is 9.11. The average molecular weight is 433 g/mol. The van der Waals surface area contributed by atoms with Gasteiger partial charge in [-0.15, -0.1) is 11.3 Å². The van der Waals surface area contributed by atoms with E-state index in [2.05, 4.69) is 49.2 Å². The number of benzene rings is 2. The van der Waals surface area contributed by atoms with Crippen LogP contribution in [-0.4, -0.2) is 14.8 Å². The van der Waals surface area contributed by atoms with Crippen molar-refractivity contribution in [3.63, 3.8) is 0 Å². The lowest BCUT2D eigenvalue weighted by Crippen LogP contribution is -2.04. The van der Waals surface area contributed by atoms with Gasteiger partial charge in [-0.25, -0.2) is 4.98 Å². The van der Waals surface area contributed by atoms with Crippen LogP contribution >= 0.6 is 22.9 Å². The van der Waals surface area contributed by atoms with E-state index in [1.54, 1.807) is 17.4 Å². The molecule has 2 aromatic heterocycles. The van der Waals surface area contributed by atoms with Crippen molar-refractivity contribution in [3.8, 4) is 27.8 Å². The van der Waals surface area contributed by atoms with Gasteiger partial charge in [0.2, 0.25) is 0 Å². The van der Waals surface area contributed by atoms with E-state index in [1.165, 1.54) is 10.4 Å². The molecule has 0 aliphatic carbocycles. The highest BCUT2D eigenvalue weighted by atomic mass is 35.5. The number of aryl methyl sites for hydroxylation is 3. The van der Waals surface area contributed by atoms with Crippen molar-refractivity contribution in [2.45, 2.75) is 34.2 Å². The largest absolute Gasteiger partial charge is 0.265 e. The van der Waals surface area contributed by atoms with Crippen molar-refractivity contribution in [3.05, 3.63) is 80.6 Å². The summed E-state index contributed by atoms with van der Waals surface area (Å²) in [5.74, 6) is 0. The SMILES string of the molecule is Cc1nc(-c2ccc(Cn3nc(C)c(-c4ccc(C#N)c(Cl)c4)c3C)cc2)sc1C. The number of nitrogens with zero attached hydrogens (tertiary/aromatic N) is 4. The number of nitriles is 1. The summed E-state index contributed by atoms with van der Waals surface area (Å²) in [5, 5.41) is 15.4. The normalized spacial score (nSPS) is 10.9.